The van der Waals surface area contributed by atoms with Crippen molar-refractivity contribution in [2.45, 2.75) is 31.5 Å². The summed E-state index contributed by atoms with van der Waals surface area (Å²) >= 11 is 1.45. The quantitative estimate of drug-likeness (QED) is 0.876. The van der Waals surface area contributed by atoms with Crippen LogP contribution in [0.5, 0.6) is 0 Å². The first-order valence-corrected chi connectivity index (χ1v) is 9.02. The van der Waals surface area contributed by atoms with E-state index in [2.05, 4.69) is 14.9 Å². The van der Waals surface area contributed by atoms with Crippen LogP contribution in [0.2, 0.25) is 0 Å². The molecule has 0 unspecified atom stereocenters. The molecule has 0 radical (unpaired) electrons. The van der Waals surface area contributed by atoms with Crippen molar-refractivity contribution in [3.63, 3.8) is 0 Å². The summed E-state index contributed by atoms with van der Waals surface area (Å²) in [7, 11) is -3.69. The Bertz CT molecular complexity index is 708. The summed E-state index contributed by atoms with van der Waals surface area (Å²) < 4.78 is 44.8. The lowest BCUT2D eigenvalue weighted by Crippen LogP contribution is -2.43. The highest BCUT2D eigenvalue weighted by atomic mass is 32.2. The topological polar surface area (TPSA) is 85.1 Å². The van der Waals surface area contributed by atoms with Gasteiger partial charge in [-0.3, -0.25) is 0 Å². The number of nitrogens with zero attached hydrogens (tertiary/aromatic N) is 2. The molecule has 0 amide bonds. The molecule has 1 N–H and O–H groups in total. The summed E-state index contributed by atoms with van der Waals surface area (Å²) in [5.41, 5.74) is -1.58. The molecule has 0 atom stereocenters. The summed E-state index contributed by atoms with van der Waals surface area (Å²) in [6, 6.07) is 3.68. The Morgan fingerprint density at radius 1 is 1.48 bits per heavy atom. The van der Waals surface area contributed by atoms with Crippen molar-refractivity contribution in [1.29, 1.82) is 0 Å². The molecule has 0 bridgehead atoms. The summed E-state index contributed by atoms with van der Waals surface area (Å²) in [5.74, 6) is 0.0685. The summed E-state index contributed by atoms with van der Waals surface area (Å²) in [6.45, 7) is -0.104. The second-order valence-corrected chi connectivity index (χ2v) is 7.83. The van der Waals surface area contributed by atoms with Crippen LogP contribution in [-0.2, 0) is 16.6 Å². The Morgan fingerprint density at radius 3 is 2.90 bits per heavy atom. The van der Waals surface area contributed by atoms with Crippen molar-refractivity contribution in [2.24, 2.45) is 0 Å². The third kappa shape index (κ3) is 3.47. The normalized spacial score (nSPS) is 17.6. The van der Waals surface area contributed by atoms with Gasteiger partial charge in [-0.25, -0.2) is 17.5 Å². The van der Waals surface area contributed by atoms with Crippen molar-refractivity contribution in [3.8, 4) is 10.8 Å². The summed E-state index contributed by atoms with van der Waals surface area (Å²) in [4.78, 5) is 4.91. The molecule has 0 aromatic carbocycles. The van der Waals surface area contributed by atoms with E-state index in [1.807, 2.05) is 17.5 Å². The lowest BCUT2D eigenvalue weighted by atomic mass is 9.84. The standard InChI is InChI=1S/C12H14FN3O3S2/c13-12(4-2-5-12)8-21(17,18)14-7-10-15-11(19-16-10)9-3-1-6-20-9/h1,3,6,14H,2,4-5,7-8H2. The fraction of sp³-hybridized carbons (Fsp3) is 0.500. The van der Waals surface area contributed by atoms with Gasteiger partial charge in [0.15, 0.2) is 5.82 Å². The van der Waals surface area contributed by atoms with Gasteiger partial charge in [0.2, 0.25) is 10.0 Å². The van der Waals surface area contributed by atoms with Gasteiger partial charge in [0.25, 0.3) is 5.89 Å². The first kappa shape index (κ1) is 14.6. The third-order valence-electron chi connectivity index (χ3n) is 3.35. The van der Waals surface area contributed by atoms with E-state index in [1.165, 1.54) is 11.3 Å². The van der Waals surface area contributed by atoms with Crippen LogP contribution in [0.25, 0.3) is 10.8 Å². The van der Waals surface area contributed by atoms with Crippen molar-refractivity contribution < 1.29 is 17.3 Å². The van der Waals surface area contributed by atoms with Crippen LogP contribution in [0.3, 0.4) is 0 Å². The van der Waals surface area contributed by atoms with Crippen molar-refractivity contribution in [3.05, 3.63) is 23.3 Å². The fourth-order valence-electron chi connectivity index (χ4n) is 2.10. The van der Waals surface area contributed by atoms with E-state index in [1.54, 1.807) is 0 Å². The molecule has 21 heavy (non-hydrogen) atoms. The first-order chi connectivity index (χ1) is 9.96. The van der Waals surface area contributed by atoms with Crippen LogP contribution in [-0.4, -0.2) is 30.0 Å². The number of halogens is 1. The second kappa shape index (κ2) is 5.47. The van der Waals surface area contributed by atoms with E-state index in [-0.39, 0.29) is 12.4 Å². The highest BCUT2D eigenvalue weighted by Gasteiger charge is 2.41. The van der Waals surface area contributed by atoms with Crippen LogP contribution >= 0.6 is 11.3 Å². The predicted octanol–water partition coefficient (Wildman–Crippen LogP) is 2.11. The van der Waals surface area contributed by atoms with E-state index < -0.39 is 21.4 Å². The lowest BCUT2D eigenvalue weighted by molar-refractivity contribution is 0.0889. The molecule has 1 saturated carbocycles. The molecule has 2 aromatic rings. The molecule has 0 spiro atoms. The van der Waals surface area contributed by atoms with E-state index in [0.29, 0.717) is 18.7 Å². The lowest BCUT2D eigenvalue weighted by Gasteiger charge is -2.33. The molecular formula is C12H14FN3O3S2. The number of nitrogens with one attached hydrogen (secondary N) is 1. The van der Waals surface area contributed by atoms with Gasteiger partial charge in [-0.1, -0.05) is 11.2 Å². The largest absolute Gasteiger partial charge is 0.333 e. The van der Waals surface area contributed by atoms with E-state index in [0.717, 1.165) is 11.3 Å². The van der Waals surface area contributed by atoms with E-state index in [4.69, 9.17) is 4.52 Å². The van der Waals surface area contributed by atoms with Gasteiger partial charge in [-0.15, -0.1) is 11.3 Å². The van der Waals surface area contributed by atoms with Crippen LogP contribution in [0.4, 0.5) is 4.39 Å². The zero-order valence-electron chi connectivity index (χ0n) is 11.1. The van der Waals surface area contributed by atoms with Crippen LogP contribution in [0.15, 0.2) is 22.0 Å². The fourth-order valence-corrected chi connectivity index (χ4v) is 4.16. The highest BCUT2D eigenvalue weighted by molar-refractivity contribution is 7.89. The summed E-state index contributed by atoms with van der Waals surface area (Å²) in [5, 5.41) is 5.58. The van der Waals surface area contributed by atoms with E-state index >= 15 is 0 Å². The van der Waals surface area contributed by atoms with Crippen LogP contribution in [0.1, 0.15) is 25.1 Å². The molecule has 6 nitrogen and oxygen atoms in total. The van der Waals surface area contributed by atoms with Gasteiger partial charge in [0, 0.05) is 0 Å². The average molecular weight is 331 g/mol. The maximum atomic E-state index is 13.9. The first-order valence-electron chi connectivity index (χ1n) is 6.49. The Kier molecular flexibility index (Phi) is 3.80. The molecule has 0 saturated heterocycles. The Labute approximate surface area is 125 Å². The number of rotatable bonds is 6. The van der Waals surface area contributed by atoms with E-state index in [9.17, 15) is 12.8 Å². The maximum Gasteiger partial charge on any atom is 0.268 e. The molecule has 1 fully saturated rings. The number of thiophene rings is 1. The minimum atomic E-state index is -3.69. The molecule has 2 heterocycles. The van der Waals surface area contributed by atoms with Gasteiger partial charge in [0.05, 0.1) is 17.2 Å². The molecule has 114 valence electrons. The summed E-state index contributed by atoms with van der Waals surface area (Å²) in [6.07, 6.45) is 1.35. The third-order valence-corrected chi connectivity index (χ3v) is 5.69. The number of hydrogen-bond donors (Lipinski definition) is 1. The molecule has 9 heteroatoms. The van der Waals surface area contributed by atoms with Crippen molar-refractivity contribution in [1.82, 2.24) is 14.9 Å². The van der Waals surface area contributed by atoms with Gasteiger partial charge in [-0.05, 0) is 30.7 Å². The average Bonchev–Trinajstić information content (AvgIpc) is 3.05. The number of sulfonamides is 1. The van der Waals surface area contributed by atoms with Gasteiger partial charge in [-0.2, -0.15) is 4.98 Å². The maximum absolute atomic E-state index is 13.9. The Morgan fingerprint density at radius 2 is 2.29 bits per heavy atom. The minimum Gasteiger partial charge on any atom is -0.333 e. The monoisotopic (exact) mass is 331 g/mol. The Hall–Kier alpha value is -1.32. The van der Waals surface area contributed by atoms with Crippen LogP contribution in [0, 0.1) is 0 Å². The predicted molar refractivity (Wildman–Crippen MR) is 75.9 cm³/mol. The molecular weight excluding hydrogens is 317 g/mol. The van der Waals surface area contributed by atoms with Gasteiger partial charge < -0.3 is 4.52 Å². The minimum absolute atomic E-state index is 0.104. The SMILES string of the molecule is O=S(=O)(CC1(F)CCC1)NCc1noc(-c2cccs2)n1. The van der Waals surface area contributed by atoms with Gasteiger partial charge >= 0.3 is 0 Å². The number of aromatic nitrogens is 2. The second-order valence-electron chi connectivity index (χ2n) is 5.08. The highest BCUT2D eigenvalue weighted by Crippen LogP contribution is 2.36. The zero-order valence-corrected chi connectivity index (χ0v) is 12.7. The number of alkyl halides is 1. The molecule has 0 aliphatic heterocycles. The molecule has 1 aliphatic carbocycles. The molecule has 2 aromatic heterocycles. The molecule has 3 rings (SSSR count). The molecule has 1 aliphatic rings. The number of hydrogen-bond acceptors (Lipinski definition) is 6. The zero-order chi connectivity index (χ0) is 14.9. The van der Waals surface area contributed by atoms with Gasteiger partial charge in [0.1, 0.15) is 5.67 Å². The van der Waals surface area contributed by atoms with Crippen molar-refractivity contribution >= 4 is 21.4 Å². The van der Waals surface area contributed by atoms with Crippen LogP contribution < -0.4 is 4.72 Å². The smallest absolute Gasteiger partial charge is 0.268 e. The van der Waals surface area contributed by atoms with Crippen molar-refractivity contribution in [2.75, 3.05) is 5.75 Å². The Balaban J connectivity index is 1.60.